The van der Waals surface area contributed by atoms with Gasteiger partial charge >= 0.3 is 0 Å². The summed E-state index contributed by atoms with van der Waals surface area (Å²) in [7, 11) is 0. The van der Waals surface area contributed by atoms with Crippen LogP contribution < -0.4 is 11.1 Å². The topological polar surface area (TPSA) is 50.9 Å². The summed E-state index contributed by atoms with van der Waals surface area (Å²) in [6.45, 7) is 2.46. The summed E-state index contributed by atoms with van der Waals surface area (Å²) in [5.74, 6) is -0.396. The Labute approximate surface area is 128 Å². The second-order valence-corrected chi connectivity index (χ2v) is 6.04. The Balaban J connectivity index is 2.20. The van der Waals surface area contributed by atoms with Gasteiger partial charge in [0.2, 0.25) is 0 Å². The second-order valence-electron chi connectivity index (χ2n) is 3.87. The molecule has 0 amide bonds. The van der Waals surface area contributed by atoms with Crippen LogP contribution in [0.5, 0.6) is 0 Å². The van der Waals surface area contributed by atoms with E-state index in [4.69, 9.17) is 18.0 Å². The highest BCUT2D eigenvalue weighted by molar-refractivity contribution is 9.10. The van der Waals surface area contributed by atoms with Crippen LogP contribution in [0.2, 0.25) is 0 Å². The maximum atomic E-state index is 14.1. The average molecular weight is 360 g/mol. The van der Waals surface area contributed by atoms with Crippen LogP contribution >= 0.6 is 39.5 Å². The average Bonchev–Trinajstić information content (AvgIpc) is 2.76. The molecule has 0 radical (unpaired) electrons. The molecule has 0 saturated carbocycles. The molecule has 0 aliphatic heterocycles. The third kappa shape index (κ3) is 3.10. The summed E-state index contributed by atoms with van der Waals surface area (Å²) in [6, 6.07) is 3.32. The number of aromatic nitrogens is 1. The second kappa shape index (κ2) is 5.94. The number of nitrogens with zero attached hydrogens (tertiary/aromatic N) is 1. The lowest BCUT2D eigenvalue weighted by Gasteiger charge is -2.10. The lowest BCUT2D eigenvalue weighted by atomic mass is 10.2. The van der Waals surface area contributed by atoms with E-state index < -0.39 is 5.82 Å². The van der Waals surface area contributed by atoms with Crippen LogP contribution in [0.1, 0.15) is 16.1 Å². The smallest absolute Gasteiger partial charge is 0.161 e. The van der Waals surface area contributed by atoms with Crippen molar-refractivity contribution in [1.29, 1.82) is 0 Å². The van der Waals surface area contributed by atoms with Gasteiger partial charge in [0.25, 0.3) is 0 Å². The van der Waals surface area contributed by atoms with Gasteiger partial charge in [-0.15, -0.1) is 11.3 Å². The molecule has 100 valence electrons. The van der Waals surface area contributed by atoms with Gasteiger partial charge < -0.3 is 11.1 Å². The van der Waals surface area contributed by atoms with E-state index in [0.717, 1.165) is 10.6 Å². The summed E-state index contributed by atoms with van der Waals surface area (Å²) >= 11 is 9.56. The number of nitrogens with two attached hydrogens (primary N) is 1. The maximum absolute atomic E-state index is 14.1. The van der Waals surface area contributed by atoms with Crippen molar-refractivity contribution in [1.82, 2.24) is 4.98 Å². The number of rotatable bonds is 4. The molecular formula is C12H11BrFN3S2. The highest BCUT2D eigenvalue weighted by Crippen LogP contribution is 2.27. The molecule has 1 aromatic carbocycles. The molecule has 2 rings (SSSR count). The monoisotopic (exact) mass is 359 g/mol. The molecule has 3 N–H and O–H groups in total. The zero-order valence-electron chi connectivity index (χ0n) is 10.0. The number of benzene rings is 1. The predicted molar refractivity (Wildman–Crippen MR) is 84.2 cm³/mol. The van der Waals surface area contributed by atoms with Crippen molar-refractivity contribution < 1.29 is 4.39 Å². The van der Waals surface area contributed by atoms with Crippen molar-refractivity contribution in [2.24, 2.45) is 5.73 Å². The number of nitrogens with one attached hydrogen (secondary N) is 1. The highest BCUT2D eigenvalue weighted by Gasteiger charge is 2.13. The highest BCUT2D eigenvalue weighted by atomic mass is 79.9. The van der Waals surface area contributed by atoms with Crippen LogP contribution in [-0.2, 0) is 6.54 Å². The summed E-state index contributed by atoms with van der Waals surface area (Å²) in [5.41, 5.74) is 9.14. The molecule has 1 aromatic heterocycles. The molecule has 0 aliphatic carbocycles. The fraction of sp³-hybridized carbons (Fsp3) is 0.167. The Hall–Kier alpha value is -1.05. The van der Waals surface area contributed by atoms with Crippen LogP contribution in [0, 0.1) is 12.7 Å². The number of thiocarbonyl (C=S) groups is 1. The molecule has 0 fully saturated rings. The van der Waals surface area contributed by atoms with Gasteiger partial charge in [0.05, 0.1) is 27.9 Å². The van der Waals surface area contributed by atoms with Crippen molar-refractivity contribution in [3.05, 3.63) is 44.1 Å². The predicted octanol–water partition coefficient (Wildman–Crippen LogP) is 3.60. The van der Waals surface area contributed by atoms with E-state index in [1.165, 1.54) is 11.3 Å². The molecule has 0 spiro atoms. The quantitative estimate of drug-likeness (QED) is 0.818. The normalized spacial score (nSPS) is 10.5. The number of hydrogen-bond donors (Lipinski definition) is 2. The first-order valence-corrected chi connectivity index (χ1v) is 7.49. The van der Waals surface area contributed by atoms with E-state index in [1.54, 1.807) is 17.6 Å². The van der Waals surface area contributed by atoms with Gasteiger partial charge in [0.1, 0.15) is 4.99 Å². The Kier molecular flexibility index (Phi) is 4.49. The van der Waals surface area contributed by atoms with Crippen molar-refractivity contribution in [3.8, 4) is 0 Å². The van der Waals surface area contributed by atoms with E-state index in [9.17, 15) is 4.39 Å². The van der Waals surface area contributed by atoms with Crippen LogP contribution in [0.3, 0.4) is 0 Å². The summed E-state index contributed by atoms with van der Waals surface area (Å²) in [5, 5.41) is 3.04. The van der Waals surface area contributed by atoms with Crippen LogP contribution in [0.15, 0.2) is 22.1 Å². The molecule has 1 heterocycles. The van der Waals surface area contributed by atoms with E-state index >= 15 is 0 Å². The minimum atomic E-state index is -0.396. The molecular weight excluding hydrogens is 349 g/mol. The Morgan fingerprint density at radius 3 is 2.89 bits per heavy atom. The van der Waals surface area contributed by atoms with E-state index in [1.807, 2.05) is 6.92 Å². The van der Waals surface area contributed by atoms with Crippen LogP contribution in [0.4, 0.5) is 10.1 Å². The van der Waals surface area contributed by atoms with Gasteiger partial charge in [0, 0.05) is 10.4 Å². The van der Waals surface area contributed by atoms with E-state index in [-0.39, 0.29) is 9.46 Å². The lowest BCUT2D eigenvalue weighted by molar-refractivity contribution is 0.623. The van der Waals surface area contributed by atoms with Gasteiger partial charge in [-0.1, -0.05) is 12.2 Å². The fourth-order valence-corrected chi connectivity index (χ4v) is 3.13. The number of thiazole rings is 1. The van der Waals surface area contributed by atoms with Crippen molar-refractivity contribution in [2.75, 3.05) is 5.32 Å². The van der Waals surface area contributed by atoms with Gasteiger partial charge in [-0.2, -0.15) is 0 Å². The van der Waals surface area contributed by atoms with Crippen molar-refractivity contribution in [2.45, 2.75) is 13.5 Å². The van der Waals surface area contributed by atoms with Crippen LogP contribution in [-0.4, -0.2) is 9.97 Å². The number of halogens is 2. The molecule has 7 heteroatoms. The number of anilines is 1. The lowest BCUT2D eigenvalue weighted by Crippen LogP contribution is -2.12. The summed E-state index contributed by atoms with van der Waals surface area (Å²) < 4.78 is 14.4. The SMILES string of the molecule is Cc1ncsc1CNc1ccc(C(N)=S)c(Br)c1F. The summed E-state index contributed by atoms with van der Waals surface area (Å²) in [4.78, 5) is 5.39. The maximum Gasteiger partial charge on any atom is 0.161 e. The zero-order chi connectivity index (χ0) is 14.0. The molecule has 3 nitrogen and oxygen atoms in total. The molecule has 0 unspecified atom stereocenters. The van der Waals surface area contributed by atoms with Crippen molar-refractivity contribution in [3.63, 3.8) is 0 Å². The largest absolute Gasteiger partial charge is 0.389 e. The number of aryl methyl sites for hydroxylation is 1. The Bertz CT molecular complexity index is 627. The zero-order valence-corrected chi connectivity index (χ0v) is 13.3. The fourth-order valence-electron chi connectivity index (χ4n) is 1.55. The van der Waals surface area contributed by atoms with E-state index in [2.05, 4.69) is 26.2 Å². The third-order valence-electron chi connectivity index (χ3n) is 2.63. The van der Waals surface area contributed by atoms with Gasteiger partial charge in [-0.05, 0) is 35.0 Å². The molecule has 0 aliphatic rings. The molecule has 2 aromatic rings. The summed E-state index contributed by atoms with van der Waals surface area (Å²) in [6.07, 6.45) is 0. The first-order valence-electron chi connectivity index (χ1n) is 5.41. The number of hydrogen-bond acceptors (Lipinski definition) is 4. The Morgan fingerprint density at radius 2 is 2.32 bits per heavy atom. The molecule has 0 saturated heterocycles. The van der Waals surface area contributed by atoms with E-state index in [0.29, 0.717) is 17.8 Å². The third-order valence-corrected chi connectivity index (χ3v) is 4.56. The molecule has 0 atom stereocenters. The first kappa shape index (κ1) is 14.4. The first-order chi connectivity index (χ1) is 9.00. The van der Waals surface area contributed by atoms with Gasteiger partial charge in [0.15, 0.2) is 5.82 Å². The van der Waals surface area contributed by atoms with Crippen molar-refractivity contribution >= 4 is 50.2 Å². The minimum Gasteiger partial charge on any atom is -0.389 e. The molecule has 19 heavy (non-hydrogen) atoms. The molecule has 0 bridgehead atoms. The minimum absolute atomic E-state index is 0.163. The van der Waals surface area contributed by atoms with Gasteiger partial charge in [-0.25, -0.2) is 9.37 Å². The van der Waals surface area contributed by atoms with Gasteiger partial charge in [-0.3, -0.25) is 0 Å². The standard InChI is InChI=1S/C12H11BrFN3S2/c1-6-9(19-5-17-6)4-16-8-3-2-7(12(15)18)10(13)11(8)14/h2-3,5,16H,4H2,1H3,(H2,15,18). The Morgan fingerprint density at radius 1 is 1.58 bits per heavy atom. The van der Waals surface area contributed by atoms with Crippen LogP contribution in [0.25, 0.3) is 0 Å².